The van der Waals surface area contributed by atoms with Gasteiger partial charge in [0.2, 0.25) is 0 Å². The van der Waals surface area contributed by atoms with Crippen LogP contribution < -0.4 is 0 Å². The van der Waals surface area contributed by atoms with Crippen LogP contribution in [0.5, 0.6) is 0 Å². The van der Waals surface area contributed by atoms with Gasteiger partial charge in [-0.3, -0.25) is 5.41 Å². The molecule has 1 rings (SSSR count). The van der Waals surface area contributed by atoms with Gasteiger partial charge in [0.05, 0.1) is 5.71 Å². The van der Waals surface area contributed by atoms with Crippen molar-refractivity contribution in [2.45, 2.75) is 6.92 Å². The van der Waals surface area contributed by atoms with Gasteiger partial charge in [-0.05, 0) is 13.0 Å². The fourth-order valence-corrected chi connectivity index (χ4v) is 0.824. The molecule has 0 aromatic heterocycles. The van der Waals surface area contributed by atoms with Gasteiger partial charge in [-0.1, -0.05) is 6.08 Å². The summed E-state index contributed by atoms with van der Waals surface area (Å²) in [4.78, 5) is 0. The Labute approximate surface area is 64.5 Å². The van der Waals surface area contributed by atoms with E-state index in [-0.39, 0.29) is 17.2 Å². The molecule has 0 saturated carbocycles. The van der Waals surface area contributed by atoms with Crippen LogP contribution in [0, 0.1) is 5.41 Å². The fraction of sp³-hybridized carbons (Fsp3) is 0.125. The smallest absolute Gasteiger partial charge is 0.141 e. The van der Waals surface area contributed by atoms with Crippen LogP contribution >= 0.6 is 0 Å². The van der Waals surface area contributed by atoms with E-state index in [9.17, 15) is 0 Å². The lowest BCUT2D eigenvalue weighted by Crippen LogP contribution is -2.05. The molecule has 1 aliphatic carbocycles. The summed E-state index contributed by atoms with van der Waals surface area (Å²) in [6, 6.07) is 0. The Balaban J connectivity index is 3.08. The summed E-state index contributed by atoms with van der Waals surface area (Å²) in [6.45, 7) is 1.75. The van der Waals surface area contributed by atoms with Crippen LogP contribution in [0.15, 0.2) is 35.3 Å². The van der Waals surface area contributed by atoms with Crippen LogP contribution in [0.4, 0.5) is 0 Å². The molecule has 0 heterocycles. The Bertz CT molecular complexity index is 284. The third kappa shape index (κ3) is 1.32. The van der Waals surface area contributed by atoms with Gasteiger partial charge in [-0.15, -0.1) is 0 Å². The molecule has 0 atom stereocenters. The molecule has 3 N–H and O–H groups in total. The largest absolute Gasteiger partial charge is 0.507 e. The first kappa shape index (κ1) is 7.60. The van der Waals surface area contributed by atoms with Crippen molar-refractivity contribution in [1.82, 2.24) is 0 Å². The van der Waals surface area contributed by atoms with Crippen molar-refractivity contribution in [2.24, 2.45) is 0 Å². The van der Waals surface area contributed by atoms with E-state index in [0.717, 1.165) is 0 Å². The van der Waals surface area contributed by atoms with Crippen molar-refractivity contribution in [3.63, 3.8) is 0 Å². The normalized spacial score (nSPS) is 21.5. The highest BCUT2D eigenvalue weighted by Gasteiger charge is 2.11. The van der Waals surface area contributed by atoms with E-state index in [1.54, 1.807) is 13.0 Å². The van der Waals surface area contributed by atoms with Gasteiger partial charge in [-0.2, -0.15) is 0 Å². The van der Waals surface area contributed by atoms with E-state index in [4.69, 9.17) is 15.6 Å². The molecule has 0 radical (unpaired) electrons. The van der Waals surface area contributed by atoms with Crippen molar-refractivity contribution in [1.29, 1.82) is 5.41 Å². The van der Waals surface area contributed by atoms with Crippen LogP contribution in [-0.2, 0) is 0 Å². The highest BCUT2D eigenvalue weighted by Crippen LogP contribution is 2.16. The second-order valence-corrected chi connectivity index (χ2v) is 2.22. The highest BCUT2D eigenvalue weighted by atomic mass is 16.3. The molecule has 0 aromatic carbocycles. The summed E-state index contributed by atoms with van der Waals surface area (Å²) in [5.41, 5.74) is 0.478. The zero-order valence-corrected chi connectivity index (χ0v) is 6.13. The molecule has 1 aliphatic rings. The zero-order valence-electron chi connectivity index (χ0n) is 6.13. The fourth-order valence-electron chi connectivity index (χ4n) is 0.824. The van der Waals surface area contributed by atoms with Crippen molar-refractivity contribution in [3.05, 3.63) is 35.3 Å². The van der Waals surface area contributed by atoms with Crippen molar-refractivity contribution in [3.8, 4) is 0 Å². The van der Waals surface area contributed by atoms with Gasteiger partial charge in [0, 0.05) is 11.6 Å². The Morgan fingerprint density at radius 2 is 1.91 bits per heavy atom. The summed E-state index contributed by atoms with van der Waals surface area (Å²) in [5.74, 6) is -0.0915. The zero-order chi connectivity index (χ0) is 8.43. The van der Waals surface area contributed by atoms with Crippen LogP contribution in [0.3, 0.4) is 0 Å². The van der Waals surface area contributed by atoms with Gasteiger partial charge in [0.15, 0.2) is 0 Å². The molecular weight excluding hydrogens is 142 g/mol. The molecule has 0 aromatic rings. The maximum Gasteiger partial charge on any atom is 0.141 e. The van der Waals surface area contributed by atoms with Crippen LogP contribution in [-0.4, -0.2) is 15.9 Å². The lowest BCUT2D eigenvalue weighted by molar-refractivity contribution is 0.414. The molecular formula is C8H9NO2. The van der Waals surface area contributed by atoms with E-state index < -0.39 is 0 Å². The minimum Gasteiger partial charge on any atom is -0.507 e. The Morgan fingerprint density at radius 1 is 1.27 bits per heavy atom. The lowest BCUT2D eigenvalue weighted by Gasteiger charge is -2.08. The number of nitrogens with one attached hydrogen (secondary N) is 1. The average Bonchev–Trinajstić information content (AvgIpc) is 1.97. The monoisotopic (exact) mass is 151 g/mol. The van der Waals surface area contributed by atoms with E-state index in [0.29, 0.717) is 5.57 Å². The number of hydrogen-bond acceptors (Lipinski definition) is 3. The van der Waals surface area contributed by atoms with Gasteiger partial charge < -0.3 is 10.2 Å². The van der Waals surface area contributed by atoms with Gasteiger partial charge in [0.1, 0.15) is 11.5 Å². The number of allylic oxidation sites excluding steroid dienone is 3. The maximum absolute atomic E-state index is 9.15. The van der Waals surface area contributed by atoms with Crippen LogP contribution in [0.1, 0.15) is 6.92 Å². The quantitative estimate of drug-likeness (QED) is 0.494. The van der Waals surface area contributed by atoms with E-state index in [1.165, 1.54) is 12.2 Å². The van der Waals surface area contributed by atoms with Gasteiger partial charge in [-0.25, -0.2) is 0 Å². The third-order valence-electron chi connectivity index (χ3n) is 1.46. The van der Waals surface area contributed by atoms with Crippen molar-refractivity contribution < 1.29 is 10.2 Å². The molecule has 11 heavy (non-hydrogen) atoms. The number of hydrogen-bond donors (Lipinski definition) is 3. The first-order chi connectivity index (χ1) is 5.15. The molecule has 0 fully saturated rings. The van der Waals surface area contributed by atoms with Crippen molar-refractivity contribution >= 4 is 5.71 Å². The summed E-state index contributed by atoms with van der Waals surface area (Å²) in [5, 5.41) is 25.3. The number of aliphatic hydroxyl groups is 2. The standard InChI is InChI=1S/C8H9NO2/c1-2-5-3-8(11)6(9)4-7(5)10/h2-4,9-11H,1H3. The molecule has 0 saturated heterocycles. The predicted molar refractivity (Wildman–Crippen MR) is 42.9 cm³/mol. The lowest BCUT2D eigenvalue weighted by atomic mass is 10.1. The van der Waals surface area contributed by atoms with Crippen LogP contribution in [0.2, 0.25) is 0 Å². The average molecular weight is 151 g/mol. The molecule has 58 valence electrons. The van der Waals surface area contributed by atoms with E-state index in [1.807, 2.05) is 0 Å². The first-order valence-corrected chi connectivity index (χ1v) is 3.22. The number of rotatable bonds is 0. The summed E-state index contributed by atoms with van der Waals surface area (Å²) < 4.78 is 0. The predicted octanol–water partition coefficient (Wildman–Crippen LogP) is 1.85. The molecule has 0 spiro atoms. The Hall–Kier alpha value is -1.51. The van der Waals surface area contributed by atoms with E-state index >= 15 is 0 Å². The minimum absolute atomic E-state index is 0.0234. The second kappa shape index (κ2) is 2.62. The summed E-state index contributed by atoms with van der Waals surface area (Å²) in [6.07, 6.45) is 4.23. The van der Waals surface area contributed by atoms with Crippen molar-refractivity contribution in [2.75, 3.05) is 0 Å². The molecule has 3 nitrogen and oxygen atoms in total. The minimum atomic E-state index is -0.115. The first-order valence-electron chi connectivity index (χ1n) is 3.22. The highest BCUT2D eigenvalue weighted by molar-refractivity contribution is 6.06. The van der Waals surface area contributed by atoms with Crippen LogP contribution in [0.25, 0.3) is 0 Å². The van der Waals surface area contributed by atoms with Gasteiger partial charge >= 0.3 is 0 Å². The Kier molecular flexibility index (Phi) is 1.81. The molecule has 0 amide bonds. The second-order valence-electron chi connectivity index (χ2n) is 2.22. The third-order valence-corrected chi connectivity index (χ3v) is 1.46. The molecule has 3 heteroatoms. The van der Waals surface area contributed by atoms with Gasteiger partial charge in [0.25, 0.3) is 0 Å². The SMILES string of the molecule is CC=C1C=C(O)C(=N)C=C1O. The van der Waals surface area contributed by atoms with E-state index in [2.05, 4.69) is 0 Å². The summed E-state index contributed by atoms with van der Waals surface area (Å²) >= 11 is 0. The molecule has 0 bridgehead atoms. The number of aliphatic hydroxyl groups excluding tert-OH is 2. The molecule has 0 aliphatic heterocycles. The molecule has 0 unspecified atom stereocenters. The maximum atomic E-state index is 9.15. The summed E-state index contributed by atoms with van der Waals surface area (Å²) in [7, 11) is 0. The Morgan fingerprint density at radius 3 is 2.45 bits per heavy atom. The topological polar surface area (TPSA) is 64.3 Å².